The molecular formula is C13H19N3O5S. The van der Waals surface area contributed by atoms with E-state index in [9.17, 15) is 23.3 Å². The molecule has 0 bridgehead atoms. The van der Waals surface area contributed by atoms with Gasteiger partial charge in [-0.2, -0.15) is 0 Å². The lowest BCUT2D eigenvalue weighted by Crippen LogP contribution is -2.37. The van der Waals surface area contributed by atoms with Crippen LogP contribution in [-0.2, 0) is 14.6 Å². The van der Waals surface area contributed by atoms with E-state index in [4.69, 9.17) is 0 Å². The van der Waals surface area contributed by atoms with Gasteiger partial charge in [0.05, 0.1) is 10.7 Å². The van der Waals surface area contributed by atoms with Crippen LogP contribution in [0.1, 0.15) is 13.3 Å². The smallest absolute Gasteiger partial charge is 0.292 e. The lowest BCUT2D eigenvalue weighted by atomic mass is 10.2. The molecule has 0 aliphatic carbocycles. The lowest BCUT2D eigenvalue weighted by Gasteiger charge is -2.13. The Hall–Kier alpha value is -2.16. The van der Waals surface area contributed by atoms with Crippen molar-refractivity contribution in [3.05, 3.63) is 34.4 Å². The fourth-order valence-corrected chi connectivity index (χ4v) is 2.93. The third kappa shape index (κ3) is 6.53. The predicted octanol–water partition coefficient (Wildman–Crippen LogP) is 0.946. The van der Waals surface area contributed by atoms with Crippen LogP contribution >= 0.6 is 0 Å². The molecule has 0 spiro atoms. The first-order chi connectivity index (χ1) is 10.2. The molecule has 0 aliphatic rings. The van der Waals surface area contributed by atoms with E-state index >= 15 is 0 Å². The van der Waals surface area contributed by atoms with Crippen molar-refractivity contribution < 1.29 is 18.1 Å². The highest BCUT2D eigenvalue weighted by Crippen LogP contribution is 2.22. The summed E-state index contributed by atoms with van der Waals surface area (Å²) in [5.41, 5.74) is 0.276. The van der Waals surface area contributed by atoms with Crippen LogP contribution in [0.4, 0.5) is 11.4 Å². The van der Waals surface area contributed by atoms with E-state index in [2.05, 4.69) is 10.6 Å². The molecule has 0 fully saturated rings. The van der Waals surface area contributed by atoms with Crippen LogP contribution in [-0.4, -0.2) is 43.8 Å². The van der Waals surface area contributed by atoms with Gasteiger partial charge in [0.1, 0.15) is 15.5 Å². The first-order valence-electron chi connectivity index (χ1n) is 6.63. The Kier molecular flexibility index (Phi) is 6.29. The van der Waals surface area contributed by atoms with Crippen LogP contribution in [0, 0.1) is 10.1 Å². The molecule has 22 heavy (non-hydrogen) atoms. The molecule has 1 rings (SSSR count). The monoisotopic (exact) mass is 329 g/mol. The molecule has 0 aliphatic heterocycles. The number of nitro benzene ring substituents is 1. The number of sulfone groups is 1. The van der Waals surface area contributed by atoms with Crippen LogP contribution < -0.4 is 10.6 Å². The van der Waals surface area contributed by atoms with Gasteiger partial charge in [0.2, 0.25) is 5.91 Å². The number of nitrogens with zero attached hydrogens (tertiary/aromatic N) is 1. The van der Waals surface area contributed by atoms with Gasteiger partial charge in [-0.1, -0.05) is 12.1 Å². The van der Waals surface area contributed by atoms with Gasteiger partial charge in [0.25, 0.3) is 5.69 Å². The molecule has 1 amide bonds. The molecule has 0 heterocycles. The number of amides is 1. The fourth-order valence-electron chi connectivity index (χ4n) is 1.94. The lowest BCUT2D eigenvalue weighted by molar-refractivity contribution is -0.384. The van der Waals surface area contributed by atoms with E-state index in [1.54, 1.807) is 25.1 Å². The molecule has 1 aromatic rings. The zero-order chi connectivity index (χ0) is 16.8. The number of hydrogen-bond acceptors (Lipinski definition) is 6. The van der Waals surface area contributed by atoms with Gasteiger partial charge in [-0.25, -0.2) is 8.42 Å². The Morgan fingerprint density at radius 2 is 2.00 bits per heavy atom. The van der Waals surface area contributed by atoms with Crippen molar-refractivity contribution in [2.24, 2.45) is 0 Å². The molecule has 1 atom stereocenters. The second kappa shape index (κ2) is 7.74. The number of hydrogen-bond donors (Lipinski definition) is 2. The van der Waals surface area contributed by atoms with Crippen LogP contribution in [0.3, 0.4) is 0 Å². The summed E-state index contributed by atoms with van der Waals surface area (Å²) < 4.78 is 22.2. The number of para-hydroxylation sites is 2. The zero-order valence-electron chi connectivity index (χ0n) is 12.4. The molecule has 0 saturated heterocycles. The first kappa shape index (κ1) is 17.9. The average molecular weight is 329 g/mol. The van der Waals surface area contributed by atoms with Gasteiger partial charge in [-0.3, -0.25) is 14.9 Å². The molecule has 8 nitrogen and oxygen atoms in total. The summed E-state index contributed by atoms with van der Waals surface area (Å²) in [5.74, 6) is -0.446. The second-order valence-corrected chi connectivity index (χ2v) is 7.20. The number of carbonyl (C=O) groups excluding carboxylic acids is 1. The number of rotatable bonds is 8. The zero-order valence-corrected chi connectivity index (χ0v) is 13.2. The number of benzene rings is 1. The highest BCUT2D eigenvalue weighted by molar-refractivity contribution is 7.90. The second-order valence-electron chi connectivity index (χ2n) is 5.01. The molecule has 1 aromatic carbocycles. The molecule has 9 heteroatoms. The summed E-state index contributed by atoms with van der Waals surface area (Å²) in [4.78, 5) is 22.0. The summed E-state index contributed by atoms with van der Waals surface area (Å²) in [7, 11) is -3.15. The quantitative estimate of drug-likeness (QED) is 0.541. The molecule has 0 aromatic heterocycles. The third-order valence-electron chi connectivity index (χ3n) is 2.73. The number of nitro groups is 1. The van der Waals surface area contributed by atoms with Crippen molar-refractivity contribution >= 4 is 27.1 Å². The van der Waals surface area contributed by atoms with Crippen LogP contribution in [0.5, 0.6) is 0 Å². The molecule has 0 saturated carbocycles. The Bertz CT molecular complexity index is 645. The highest BCUT2D eigenvalue weighted by atomic mass is 32.2. The van der Waals surface area contributed by atoms with Crippen molar-refractivity contribution in [2.75, 3.05) is 23.9 Å². The summed E-state index contributed by atoms with van der Waals surface area (Å²) >= 11 is 0. The first-order valence-corrected chi connectivity index (χ1v) is 8.69. The van der Waals surface area contributed by atoms with Gasteiger partial charge in [0.15, 0.2) is 0 Å². The molecule has 0 unspecified atom stereocenters. The maximum atomic E-state index is 11.7. The van der Waals surface area contributed by atoms with Gasteiger partial charge in [-0.15, -0.1) is 0 Å². The van der Waals surface area contributed by atoms with Gasteiger partial charge < -0.3 is 10.6 Å². The molecule has 2 N–H and O–H groups in total. The standard InChI is InChI=1S/C13H19N3O5S/c1-10(9-22(2,20)21)15-13(17)7-8-14-11-5-3-4-6-12(11)16(18)19/h3-6,10,14H,7-9H2,1-2H3,(H,15,17)/t10-/m1/s1. The van der Waals surface area contributed by atoms with Crippen LogP contribution in [0.2, 0.25) is 0 Å². The highest BCUT2D eigenvalue weighted by Gasteiger charge is 2.14. The van der Waals surface area contributed by atoms with Gasteiger partial charge in [0, 0.05) is 31.3 Å². The minimum Gasteiger partial charge on any atom is -0.379 e. The van der Waals surface area contributed by atoms with Gasteiger partial charge >= 0.3 is 0 Å². The van der Waals surface area contributed by atoms with E-state index in [0.717, 1.165) is 6.26 Å². The summed E-state index contributed by atoms with van der Waals surface area (Å²) in [6, 6.07) is 5.67. The Morgan fingerprint density at radius 1 is 1.36 bits per heavy atom. The minimum absolute atomic E-state index is 0.0617. The molecule has 0 radical (unpaired) electrons. The topological polar surface area (TPSA) is 118 Å². The largest absolute Gasteiger partial charge is 0.379 e. The fraction of sp³-hybridized carbons (Fsp3) is 0.462. The Morgan fingerprint density at radius 3 is 2.59 bits per heavy atom. The third-order valence-corrected chi connectivity index (χ3v) is 3.83. The number of anilines is 1. The van der Waals surface area contributed by atoms with E-state index in [0.29, 0.717) is 5.69 Å². The van der Waals surface area contributed by atoms with Crippen molar-refractivity contribution in [3.63, 3.8) is 0 Å². The van der Waals surface area contributed by atoms with E-state index < -0.39 is 20.8 Å². The summed E-state index contributed by atoms with van der Waals surface area (Å²) in [6.45, 7) is 1.82. The normalized spacial score (nSPS) is 12.5. The summed E-state index contributed by atoms with van der Waals surface area (Å²) in [6.07, 6.45) is 1.19. The van der Waals surface area contributed by atoms with Crippen LogP contribution in [0.15, 0.2) is 24.3 Å². The van der Waals surface area contributed by atoms with E-state index in [1.807, 2.05) is 0 Å². The Labute approximate surface area is 129 Å². The predicted molar refractivity (Wildman–Crippen MR) is 83.5 cm³/mol. The van der Waals surface area contributed by atoms with E-state index in [1.165, 1.54) is 6.07 Å². The van der Waals surface area contributed by atoms with Crippen molar-refractivity contribution in [3.8, 4) is 0 Å². The van der Waals surface area contributed by atoms with Gasteiger partial charge in [-0.05, 0) is 13.0 Å². The van der Waals surface area contributed by atoms with Crippen LogP contribution in [0.25, 0.3) is 0 Å². The molecule has 122 valence electrons. The SMILES string of the molecule is C[C@H](CS(C)(=O)=O)NC(=O)CCNc1ccccc1[N+](=O)[O-]. The number of carbonyl (C=O) groups is 1. The maximum absolute atomic E-state index is 11.7. The number of nitrogens with one attached hydrogen (secondary N) is 2. The maximum Gasteiger partial charge on any atom is 0.292 e. The van der Waals surface area contributed by atoms with Crippen molar-refractivity contribution in [2.45, 2.75) is 19.4 Å². The average Bonchev–Trinajstić information content (AvgIpc) is 2.36. The Balaban J connectivity index is 2.45. The molecular weight excluding hydrogens is 310 g/mol. The van der Waals surface area contributed by atoms with E-state index in [-0.39, 0.29) is 30.3 Å². The summed E-state index contributed by atoms with van der Waals surface area (Å²) in [5, 5.41) is 16.2. The minimum atomic E-state index is -3.15. The van der Waals surface area contributed by atoms with Crippen molar-refractivity contribution in [1.82, 2.24) is 5.32 Å². The van der Waals surface area contributed by atoms with Crippen molar-refractivity contribution in [1.29, 1.82) is 0 Å².